The Labute approximate surface area is 191 Å². The van der Waals surface area contributed by atoms with Gasteiger partial charge in [-0.05, 0) is 66.6 Å². The lowest BCUT2D eigenvalue weighted by Gasteiger charge is -2.15. The molecule has 0 bridgehead atoms. The number of nitrogen functional groups attached to an aromatic ring is 1. The van der Waals surface area contributed by atoms with Crippen LogP contribution in [0.25, 0.3) is 11.1 Å². The Bertz CT molecular complexity index is 1190. The molecule has 0 heterocycles. The van der Waals surface area contributed by atoms with Crippen LogP contribution in [-0.2, 0) is 9.47 Å². The normalized spacial score (nSPS) is 10.4. The summed E-state index contributed by atoms with van der Waals surface area (Å²) in [6.45, 7) is 1.68. The van der Waals surface area contributed by atoms with Crippen LogP contribution in [0.1, 0.15) is 31.8 Å². The fourth-order valence-corrected chi connectivity index (χ4v) is 3.26. The minimum Gasteiger partial charge on any atom is -0.497 e. The van der Waals surface area contributed by atoms with Crippen molar-refractivity contribution in [2.75, 3.05) is 26.3 Å². The maximum Gasteiger partial charge on any atom is 0.340 e. The molecule has 0 atom stereocenters. The molecule has 3 aromatic rings. The zero-order valence-electron chi connectivity index (χ0n) is 18.6. The number of rotatable bonds is 8. The van der Waals surface area contributed by atoms with Gasteiger partial charge in [0.05, 0.1) is 18.2 Å². The zero-order chi connectivity index (χ0) is 24.0. The third-order valence-electron chi connectivity index (χ3n) is 4.92. The number of aryl methyl sites for hydroxylation is 1. The van der Waals surface area contributed by atoms with Gasteiger partial charge in [0.25, 0.3) is 5.91 Å². The van der Waals surface area contributed by atoms with Crippen LogP contribution in [0.15, 0.2) is 60.7 Å². The highest BCUT2D eigenvalue weighted by atomic mass is 16.7. The van der Waals surface area contributed by atoms with E-state index in [1.165, 1.54) is 14.2 Å². The number of benzene rings is 3. The number of hydrogen-bond donors (Lipinski definition) is 3. The van der Waals surface area contributed by atoms with Gasteiger partial charge in [-0.2, -0.15) is 0 Å². The van der Waals surface area contributed by atoms with E-state index in [2.05, 4.69) is 5.32 Å². The molecule has 0 aromatic heterocycles. The first kappa shape index (κ1) is 23.5. The molecule has 3 rings (SSSR count). The second-order valence-corrected chi connectivity index (χ2v) is 7.24. The number of methoxy groups -OCH3 is 2. The van der Waals surface area contributed by atoms with E-state index in [1.54, 1.807) is 54.6 Å². The molecule has 0 aliphatic heterocycles. The minimum absolute atomic E-state index is 0.0600. The molecule has 3 aromatic carbocycles. The lowest BCUT2D eigenvalue weighted by Crippen LogP contribution is -2.15. The van der Waals surface area contributed by atoms with E-state index in [0.29, 0.717) is 39.3 Å². The average Bonchev–Trinajstić information content (AvgIpc) is 2.82. The molecule has 1 amide bonds. The summed E-state index contributed by atoms with van der Waals surface area (Å²) >= 11 is 0. The predicted octanol–water partition coefficient (Wildman–Crippen LogP) is 3.97. The van der Waals surface area contributed by atoms with Crippen molar-refractivity contribution in [2.24, 2.45) is 5.73 Å². The number of esters is 1. The molecule has 0 aliphatic carbocycles. The van der Waals surface area contributed by atoms with Crippen LogP contribution in [0.5, 0.6) is 5.75 Å². The predicted molar refractivity (Wildman–Crippen MR) is 126 cm³/mol. The molecule has 0 unspecified atom stereocenters. The van der Waals surface area contributed by atoms with Crippen LogP contribution >= 0.6 is 0 Å². The molecular formula is C25H25N3O5. The molecule has 4 N–H and O–H groups in total. The molecule has 170 valence electrons. The highest BCUT2D eigenvalue weighted by Crippen LogP contribution is 2.32. The van der Waals surface area contributed by atoms with Gasteiger partial charge in [-0.25, -0.2) is 4.79 Å². The maximum atomic E-state index is 13.2. The summed E-state index contributed by atoms with van der Waals surface area (Å²) in [6.07, 6.45) is 0. The third kappa shape index (κ3) is 5.55. The molecule has 8 nitrogen and oxygen atoms in total. The SMILES string of the molecule is COCOC(=O)c1cc(C)ccc1-c1ccc(OC)cc1C(=O)Nc1ccc(C(=N)N)cc1. The fraction of sp³-hybridized carbons (Fsp3) is 0.160. The molecular weight excluding hydrogens is 422 g/mol. The average molecular weight is 447 g/mol. The van der Waals surface area contributed by atoms with E-state index in [0.717, 1.165) is 5.56 Å². The van der Waals surface area contributed by atoms with Gasteiger partial charge in [-0.15, -0.1) is 0 Å². The Morgan fingerprint density at radius 3 is 2.24 bits per heavy atom. The van der Waals surface area contributed by atoms with Crippen LogP contribution in [0.4, 0.5) is 5.69 Å². The van der Waals surface area contributed by atoms with Crippen molar-refractivity contribution in [1.82, 2.24) is 0 Å². The van der Waals surface area contributed by atoms with Crippen LogP contribution in [0.3, 0.4) is 0 Å². The number of hydrogen-bond acceptors (Lipinski definition) is 6. The topological polar surface area (TPSA) is 124 Å². The standard InChI is InChI=1S/C25H25N3O5/c1-15-4-10-20(22(12-15)25(30)33-14-31-2)19-11-9-18(32-3)13-21(19)24(29)28-17-7-5-16(6-8-17)23(26)27/h4-13H,14H2,1-3H3,(H3,26,27)(H,28,29). The first-order valence-electron chi connectivity index (χ1n) is 10.0. The Morgan fingerprint density at radius 1 is 0.939 bits per heavy atom. The van der Waals surface area contributed by atoms with Gasteiger partial charge in [0.15, 0.2) is 6.79 Å². The third-order valence-corrected chi connectivity index (χ3v) is 4.92. The minimum atomic E-state index is -0.558. The molecule has 0 fully saturated rings. The highest BCUT2D eigenvalue weighted by Gasteiger charge is 2.21. The zero-order valence-corrected chi connectivity index (χ0v) is 18.6. The van der Waals surface area contributed by atoms with E-state index in [4.69, 9.17) is 25.4 Å². The van der Waals surface area contributed by atoms with Gasteiger partial charge in [0.1, 0.15) is 11.6 Å². The van der Waals surface area contributed by atoms with Crippen molar-refractivity contribution in [3.63, 3.8) is 0 Å². The number of carbonyl (C=O) groups is 2. The number of nitrogens with two attached hydrogens (primary N) is 1. The number of ether oxygens (including phenoxy) is 3. The van der Waals surface area contributed by atoms with Crippen molar-refractivity contribution < 1.29 is 23.8 Å². The fourth-order valence-electron chi connectivity index (χ4n) is 3.26. The monoisotopic (exact) mass is 447 g/mol. The van der Waals surface area contributed by atoms with E-state index < -0.39 is 11.9 Å². The lowest BCUT2D eigenvalue weighted by atomic mass is 9.93. The van der Waals surface area contributed by atoms with Crippen LogP contribution in [-0.4, -0.2) is 38.7 Å². The Morgan fingerprint density at radius 2 is 1.61 bits per heavy atom. The van der Waals surface area contributed by atoms with Gasteiger partial charge in [-0.3, -0.25) is 10.2 Å². The maximum absolute atomic E-state index is 13.2. The van der Waals surface area contributed by atoms with Gasteiger partial charge < -0.3 is 25.3 Å². The second-order valence-electron chi connectivity index (χ2n) is 7.24. The summed E-state index contributed by atoms with van der Waals surface area (Å²) in [5.41, 5.74) is 9.15. The molecule has 0 spiro atoms. The molecule has 0 radical (unpaired) electrons. The van der Waals surface area contributed by atoms with E-state index >= 15 is 0 Å². The number of amidine groups is 1. The smallest absolute Gasteiger partial charge is 0.340 e. The van der Waals surface area contributed by atoms with Gasteiger partial charge >= 0.3 is 5.97 Å². The van der Waals surface area contributed by atoms with Crippen molar-refractivity contribution in [3.8, 4) is 16.9 Å². The molecule has 0 aliphatic rings. The van der Waals surface area contributed by atoms with Crippen molar-refractivity contribution in [3.05, 3.63) is 82.9 Å². The first-order chi connectivity index (χ1) is 15.8. The second kappa shape index (κ2) is 10.4. The largest absolute Gasteiger partial charge is 0.497 e. The molecule has 0 saturated carbocycles. The molecule has 8 heteroatoms. The Hall–Kier alpha value is -4.17. The van der Waals surface area contributed by atoms with E-state index in [1.807, 2.05) is 13.0 Å². The van der Waals surface area contributed by atoms with Gasteiger partial charge in [-0.1, -0.05) is 17.7 Å². The summed E-state index contributed by atoms with van der Waals surface area (Å²) in [7, 11) is 2.94. The van der Waals surface area contributed by atoms with Crippen LogP contribution in [0.2, 0.25) is 0 Å². The molecule has 0 saturated heterocycles. The number of carbonyl (C=O) groups excluding carboxylic acids is 2. The number of amides is 1. The Kier molecular flexibility index (Phi) is 7.42. The first-order valence-corrected chi connectivity index (χ1v) is 10.0. The molecule has 33 heavy (non-hydrogen) atoms. The van der Waals surface area contributed by atoms with E-state index in [9.17, 15) is 9.59 Å². The summed E-state index contributed by atoms with van der Waals surface area (Å²) in [5.74, 6) is -0.518. The van der Waals surface area contributed by atoms with Gasteiger partial charge in [0.2, 0.25) is 0 Å². The van der Waals surface area contributed by atoms with Crippen molar-refractivity contribution >= 4 is 23.4 Å². The quantitative estimate of drug-likeness (QED) is 0.208. The highest BCUT2D eigenvalue weighted by molar-refractivity contribution is 6.11. The lowest BCUT2D eigenvalue weighted by molar-refractivity contribution is -0.0124. The van der Waals surface area contributed by atoms with Crippen LogP contribution in [0, 0.1) is 12.3 Å². The number of nitrogens with one attached hydrogen (secondary N) is 2. The number of anilines is 1. The Balaban J connectivity index is 2.04. The van der Waals surface area contributed by atoms with Crippen LogP contribution < -0.4 is 15.8 Å². The summed E-state index contributed by atoms with van der Waals surface area (Å²) in [6, 6.07) is 17.0. The van der Waals surface area contributed by atoms with E-state index in [-0.39, 0.29) is 12.6 Å². The summed E-state index contributed by atoms with van der Waals surface area (Å²) < 4.78 is 15.3. The summed E-state index contributed by atoms with van der Waals surface area (Å²) in [5, 5.41) is 10.3. The van der Waals surface area contributed by atoms with Crippen molar-refractivity contribution in [1.29, 1.82) is 5.41 Å². The van der Waals surface area contributed by atoms with Gasteiger partial charge in [0, 0.05) is 18.4 Å². The van der Waals surface area contributed by atoms with Crippen molar-refractivity contribution in [2.45, 2.75) is 6.92 Å². The summed E-state index contributed by atoms with van der Waals surface area (Å²) in [4.78, 5) is 25.9.